The first-order valence-corrected chi connectivity index (χ1v) is 7.16. The maximum Gasteiger partial charge on any atom is 0.253 e. The molecule has 2 aliphatic heterocycles. The van der Waals surface area contributed by atoms with E-state index in [9.17, 15) is 4.79 Å². The highest BCUT2D eigenvalue weighted by atomic mass is 16.5. The molecule has 0 aromatic heterocycles. The van der Waals surface area contributed by atoms with E-state index in [1.54, 1.807) is 7.11 Å². The molecular formula is C16H20N2O3. The first-order chi connectivity index (χ1) is 10.2. The Bertz CT molecular complexity index is 575. The predicted molar refractivity (Wildman–Crippen MR) is 80.5 cm³/mol. The fourth-order valence-electron chi connectivity index (χ4n) is 2.62. The van der Waals surface area contributed by atoms with Crippen LogP contribution < -0.4 is 9.47 Å². The molecule has 1 aromatic rings. The molecule has 0 atom stereocenters. The summed E-state index contributed by atoms with van der Waals surface area (Å²) in [4.78, 5) is 16.7. The topological polar surface area (TPSA) is 42.0 Å². The van der Waals surface area contributed by atoms with Crippen LogP contribution in [-0.2, 0) is 4.79 Å². The fraction of sp³-hybridized carbons (Fsp3) is 0.438. The Balaban J connectivity index is 1.79. The Kier molecular flexibility index (Phi) is 3.84. The van der Waals surface area contributed by atoms with Crippen molar-refractivity contribution in [3.05, 3.63) is 29.3 Å². The van der Waals surface area contributed by atoms with Gasteiger partial charge >= 0.3 is 0 Å². The Morgan fingerprint density at radius 2 is 2.00 bits per heavy atom. The van der Waals surface area contributed by atoms with E-state index in [2.05, 4.69) is 11.9 Å². The number of amides is 1. The van der Waals surface area contributed by atoms with E-state index >= 15 is 0 Å². The largest absolute Gasteiger partial charge is 0.497 e. The Hall–Kier alpha value is -2.01. The second-order valence-electron chi connectivity index (χ2n) is 5.46. The molecule has 1 saturated heterocycles. The molecule has 0 bridgehead atoms. The average molecular weight is 288 g/mol. The van der Waals surface area contributed by atoms with E-state index < -0.39 is 0 Å². The standard InChI is InChI=1S/C16H20N2O3/c1-17-5-7-18(8-6-17)16(19)13-9-12-10-14(20-2)3-4-15(12)21-11-13/h3-4,9-10H,5-8,11H2,1-2H3. The first kappa shape index (κ1) is 13.9. The van der Waals surface area contributed by atoms with Gasteiger partial charge in [0.15, 0.2) is 0 Å². The molecule has 2 heterocycles. The summed E-state index contributed by atoms with van der Waals surface area (Å²) in [6.07, 6.45) is 1.92. The molecule has 5 nitrogen and oxygen atoms in total. The first-order valence-electron chi connectivity index (χ1n) is 7.16. The van der Waals surface area contributed by atoms with E-state index in [1.807, 2.05) is 29.2 Å². The molecule has 0 saturated carbocycles. The second-order valence-corrected chi connectivity index (χ2v) is 5.46. The van der Waals surface area contributed by atoms with Gasteiger partial charge in [-0.25, -0.2) is 0 Å². The summed E-state index contributed by atoms with van der Waals surface area (Å²) >= 11 is 0. The van der Waals surface area contributed by atoms with Crippen LogP contribution in [0.5, 0.6) is 11.5 Å². The highest BCUT2D eigenvalue weighted by molar-refractivity contribution is 5.99. The molecule has 0 unspecified atom stereocenters. The molecule has 112 valence electrons. The van der Waals surface area contributed by atoms with Crippen molar-refractivity contribution in [2.45, 2.75) is 0 Å². The molecule has 21 heavy (non-hydrogen) atoms. The molecule has 1 fully saturated rings. The predicted octanol–water partition coefficient (Wildman–Crippen LogP) is 1.25. The third-order valence-electron chi connectivity index (χ3n) is 4.00. The van der Waals surface area contributed by atoms with Gasteiger partial charge in [0.05, 0.1) is 12.7 Å². The van der Waals surface area contributed by atoms with Gasteiger partial charge in [-0.3, -0.25) is 4.79 Å². The fourth-order valence-corrected chi connectivity index (χ4v) is 2.62. The van der Waals surface area contributed by atoms with Crippen molar-refractivity contribution in [1.82, 2.24) is 9.80 Å². The molecule has 2 aliphatic rings. The zero-order valence-corrected chi connectivity index (χ0v) is 12.5. The minimum Gasteiger partial charge on any atom is -0.497 e. The number of hydrogen-bond acceptors (Lipinski definition) is 4. The summed E-state index contributed by atoms with van der Waals surface area (Å²) < 4.78 is 10.9. The van der Waals surface area contributed by atoms with Crippen LogP contribution in [0.15, 0.2) is 23.8 Å². The molecule has 3 rings (SSSR count). The minimum atomic E-state index is 0.0802. The third-order valence-corrected chi connectivity index (χ3v) is 4.00. The number of nitrogens with zero attached hydrogens (tertiary/aromatic N) is 2. The molecule has 0 radical (unpaired) electrons. The number of piperazine rings is 1. The van der Waals surface area contributed by atoms with Crippen LogP contribution in [0.2, 0.25) is 0 Å². The van der Waals surface area contributed by atoms with Crippen molar-refractivity contribution in [3.63, 3.8) is 0 Å². The monoisotopic (exact) mass is 288 g/mol. The van der Waals surface area contributed by atoms with Crippen molar-refractivity contribution >= 4 is 12.0 Å². The van der Waals surface area contributed by atoms with Crippen LogP contribution in [0.1, 0.15) is 5.56 Å². The van der Waals surface area contributed by atoms with Gasteiger partial charge in [0, 0.05) is 31.7 Å². The summed E-state index contributed by atoms with van der Waals surface area (Å²) in [7, 11) is 3.71. The van der Waals surface area contributed by atoms with Crippen LogP contribution in [0.4, 0.5) is 0 Å². The van der Waals surface area contributed by atoms with Crippen molar-refractivity contribution < 1.29 is 14.3 Å². The third kappa shape index (κ3) is 2.88. The van der Waals surface area contributed by atoms with Gasteiger partial charge in [0.1, 0.15) is 18.1 Å². The lowest BCUT2D eigenvalue weighted by Crippen LogP contribution is -2.48. The number of rotatable bonds is 2. The summed E-state index contributed by atoms with van der Waals surface area (Å²) in [5.41, 5.74) is 1.61. The Morgan fingerprint density at radius 3 is 2.71 bits per heavy atom. The number of likely N-dealkylation sites (N-methyl/N-ethyl adjacent to an activating group) is 1. The minimum absolute atomic E-state index is 0.0802. The van der Waals surface area contributed by atoms with Gasteiger partial charge in [-0.1, -0.05) is 0 Å². The lowest BCUT2D eigenvalue weighted by atomic mass is 10.1. The highest BCUT2D eigenvalue weighted by Crippen LogP contribution is 2.30. The number of carbonyl (C=O) groups excluding carboxylic acids is 1. The van der Waals surface area contributed by atoms with Crippen molar-refractivity contribution in [2.75, 3.05) is 46.9 Å². The highest BCUT2D eigenvalue weighted by Gasteiger charge is 2.24. The lowest BCUT2D eigenvalue weighted by Gasteiger charge is -2.33. The summed E-state index contributed by atoms with van der Waals surface area (Å²) in [5.74, 6) is 1.64. The number of ether oxygens (including phenoxy) is 2. The average Bonchev–Trinajstić information content (AvgIpc) is 2.53. The van der Waals surface area contributed by atoms with Crippen LogP contribution in [0, 0.1) is 0 Å². The Morgan fingerprint density at radius 1 is 1.24 bits per heavy atom. The molecule has 0 N–H and O–H groups in total. The van der Waals surface area contributed by atoms with Gasteiger partial charge in [-0.05, 0) is 31.3 Å². The number of benzene rings is 1. The maximum absolute atomic E-state index is 12.6. The van der Waals surface area contributed by atoms with E-state index in [-0.39, 0.29) is 5.91 Å². The molecule has 0 aliphatic carbocycles. The molecular weight excluding hydrogens is 268 g/mol. The van der Waals surface area contributed by atoms with Gasteiger partial charge in [-0.2, -0.15) is 0 Å². The number of methoxy groups -OCH3 is 1. The molecule has 1 amide bonds. The van der Waals surface area contributed by atoms with Crippen LogP contribution in [-0.4, -0.2) is 62.7 Å². The zero-order valence-electron chi connectivity index (χ0n) is 12.5. The van der Waals surface area contributed by atoms with Gasteiger partial charge in [0.25, 0.3) is 5.91 Å². The number of fused-ring (bicyclic) bond motifs is 1. The van der Waals surface area contributed by atoms with Crippen molar-refractivity contribution in [3.8, 4) is 11.5 Å². The number of carbonyl (C=O) groups is 1. The molecule has 0 spiro atoms. The van der Waals surface area contributed by atoms with Crippen LogP contribution >= 0.6 is 0 Å². The summed E-state index contributed by atoms with van der Waals surface area (Å²) in [6, 6.07) is 5.63. The Labute approximate surface area is 124 Å². The maximum atomic E-state index is 12.6. The zero-order chi connectivity index (χ0) is 14.8. The van der Waals surface area contributed by atoms with E-state index in [1.165, 1.54) is 0 Å². The number of hydrogen-bond donors (Lipinski definition) is 0. The summed E-state index contributed by atoms with van der Waals surface area (Å²) in [5, 5.41) is 0. The van der Waals surface area contributed by atoms with Gasteiger partial charge < -0.3 is 19.3 Å². The van der Waals surface area contributed by atoms with Crippen molar-refractivity contribution in [2.24, 2.45) is 0 Å². The summed E-state index contributed by atoms with van der Waals surface area (Å²) in [6.45, 7) is 3.73. The van der Waals surface area contributed by atoms with E-state index in [0.29, 0.717) is 12.2 Å². The van der Waals surface area contributed by atoms with Crippen LogP contribution in [0.25, 0.3) is 6.08 Å². The van der Waals surface area contributed by atoms with Gasteiger partial charge in [-0.15, -0.1) is 0 Å². The van der Waals surface area contributed by atoms with Crippen molar-refractivity contribution in [1.29, 1.82) is 0 Å². The lowest BCUT2D eigenvalue weighted by molar-refractivity contribution is -0.128. The molecule has 5 heteroatoms. The normalized spacial score (nSPS) is 18.6. The quantitative estimate of drug-likeness (QED) is 0.821. The van der Waals surface area contributed by atoms with Gasteiger partial charge in [0.2, 0.25) is 0 Å². The van der Waals surface area contributed by atoms with Crippen LogP contribution in [0.3, 0.4) is 0 Å². The SMILES string of the molecule is COc1ccc2c(c1)C=C(C(=O)N1CCN(C)CC1)CO2. The smallest absolute Gasteiger partial charge is 0.253 e. The molecule has 1 aromatic carbocycles. The van der Waals surface area contributed by atoms with E-state index in [4.69, 9.17) is 9.47 Å². The van der Waals surface area contributed by atoms with E-state index in [0.717, 1.165) is 43.2 Å². The second kappa shape index (κ2) is 5.77.